The van der Waals surface area contributed by atoms with Gasteiger partial charge in [0.15, 0.2) is 6.23 Å². The van der Waals surface area contributed by atoms with Crippen LogP contribution in [0.15, 0.2) is 83.5 Å². The number of carbonyl (C=O) groups is 2. The summed E-state index contributed by atoms with van der Waals surface area (Å²) in [5.41, 5.74) is 1.87. The summed E-state index contributed by atoms with van der Waals surface area (Å²) in [5.74, 6) is 0.106. The third kappa shape index (κ3) is 5.74. The zero-order valence-electron chi connectivity index (χ0n) is 18.7. The van der Waals surface area contributed by atoms with E-state index in [0.29, 0.717) is 23.3 Å². The van der Waals surface area contributed by atoms with Crippen molar-refractivity contribution in [1.82, 2.24) is 4.90 Å². The second-order valence-corrected chi connectivity index (χ2v) is 8.12. The molecule has 1 saturated carbocycles. The highest BCUT2D eigenvalue weighted by Crippen LogP contribution is 2.37. The number of carboxylic acid groups (broad SMARTS) is 1. The molecule has 1 unspecified atom stereocenters. The number of aliphatic hydroxyl groups is 1. The lowest BCUT2D eigenvalue weighted by atomic mass is 10.1. The van der Waals surface area contributed by atoms with Crippen LogP contribution in [-0.2, 0) is 4.79 Å². The number of carbonyl (C=O) groups excluding carboxylic acids is 1. The maximum atomic E-state index is 13.4. The highest BCUT2D eigenvalue weighted by Gasteiger charge is 2.38. The third-order valence-electron chi connectivity index (χ3n) is 5.60. The Morgan fingerprint density at radius 2 is 1.82 bits per heavy atom. The molecule has 0 bridgehead atoms. The van der Waals surface area contributed by atoms with Crippen molar-refractivity contribution in [3.63, 3.8) is 0 Å². The van der Waals surface area contributed by atoms with Crippen LogP contribution in [0.5, 0.6) is 5.75 Å². The summed E-state index contributed by atoms with van der Waals surface area (Å²) in [6, 6.07) is 17.9. The summed E-state index contributed by atoms with van der Waals surface area (Å²) >= 11 is 0. The molecule has 1 heterocycles. The molecule has 3 aromatic rings. The molecule has 1 amide bonds. The van der Waals surface area contributed by atoms with E-state index >= 15 is 0 Å². The fourth-order valence-electron chi connectivity index (χ4n) is 3.70. The number of carboxylic acids is 1. The lowest BCUT2D eigenvalue weighted by molar-refractivity contribution is -0.136. The molecule has 1 aliphatic rings. The first kappa shape index (κ1) is 23.3. The zero-order valence-corrected chi connectivity index (χ0v) is 18.7. The van der Waals surface area contributed by atoms with Gasteiger partial charge in [-0.05, 0) is 49.6 Å². The van der Waals surface area contributed by atoms with E-state index in [1.54, 1.807) is 54.8 Å². The molecule has 1 atom stereocenters. The first-order valence-corrected chi connectivity index (χ1v) is 11.3. The van der Waals surface area contributed by atoms with E-state index in [9.17, 15) is 14.7 Å². The molecule has 7 heteroatoms. The molecule has 0 spiro atoms. The standard InChI is InChI=1S/C27H27NO6/c29-25(30)10-2-1-5-17-34-24-8-4-3-7-22(24)27(32)28(21-15-16-21)26(31)20-13-11-19(12-14-20)23-9-6-18-33-23/h1,3-9,11-14,18,21,27,32H,2,10,15-17H2,(H,29,30)/b5-1+. The number of para-hydroxylation sites is 1. The normalized spacial score (nSPS) is 14.1. The third-order valence-corrected chi connectivity index (χ3v) is 5.60. The van der Waals surface area contributed by atoms with E-state index < -0.39 is 12.2 Å². The number of benzene rings is 2. The van der Waals surface area contributed by atoms with Crippen molar-refractivity contribution >= 4 is 11.9 Å². The fourth-order valence-corrected chi connectivity index (χ4v) is 3.70. The van der Waals surface area contributed by atoms with E-state index in [1.807, 2.05) is 24.3 Å². The molecular weight excluding hydrogens is 434 g/mol. The van der Waals surface area contributed by atoms with Gasteiger partial charge in [-0.25, -0.2) is 0 Å². The zero-order chi connectivity index (χ0) is 23.9. The smallest absolute Gasteiger partial charge is 0.303 e. The van der Waals surface area contributed by atoms with Crippen LogP contribution < -0.4 is 4.74 Å². The highest BCUT2D eigenvalue weighted by atomic mass is 16.5. The number of amides is 1. The van der Waals surface area contributed by atoms with Gasteiger partial charge < -0.3 is 24.3 Å². The van der Waals surface area contributed by atoms with Crippen LogP contribution in [0.3, 0.4) is 0 Å². The van der Waals surface area contributed by atoms with Crippen molar-refractivity contribution in [2.45, 2.75) is 38.0 Å². The Hall–Kier alpha value is -3.84. The minimum atomic E-state index is -1.16. The number of hydrogen-bond acceptors (Lipinski definition) is 5. The molecule has 1 aromatic heterocycles. The van der Waals surface area contributed by atoms with Gasteiger partial charge in [0.1, 0.15) is 18.1 Å². The Morgan fingerprint density at radius 1 is 1.06 bits per heavy atom. The minimum absolute atomic E-state index is 0.0313. The first-order chi connectivity index (χ1) is 16.5. The molecule has 176 valence electrons. The molecule has 1 fully saturated rings. The summed E-state index contributed by atoms with van der Waals surface area (Å²) in [5, 5.41) is 19.9. The summed E-state index contributed by atoms with van der Waals surface area (Å²) in [4.78, 5) is 25.5. The summed E-state index contributed by atoms with van der Waals surface area (Å²) in [7, 11) is 0. The van der Waals surface area contributed by atoms with Crippen LogP contribution in [0.4, 0.5) is 0 Å². The predicted octanol–water partition coefficient (Wildman–Crippen LogP) is 5.04. The van der Waals surface area contributed by atoms with E-state index in [4.69, 9.17) is 14.3 Å². The van der Waals surface area contributed by atoms with E-state index in [0.717, 1.165) is 24.2 Å². The van der Waals surface area contributed by atoms with Gasteiger partial charge in [-0.15, -0.1) is 0 Å². The molecule has 0 radical (unpaired) electrons. The summed E-state index contributed by atoms with van der Waals surface area (Å²) in [6.07, 6.45) is 6.10. The SMILES string of the molecule is O=C(O)CC/C=C/COc1ccccc1C(O)N(C(=O)c1ccc(-c2ccco2)cc1)C1CC1. The Morgan fingerprint density at radius 3 is 2.50 bits per heavy atom. The summed E-state index contributed by atoms with van der Waals surface area (Å²) < 4.78 is 11.2. The number of nitrogens with zero attached hydrogens (tertiary/aromatic N) is 1. The Bertz CT molecular complexity index is 1130. The van der Waals surface area contributed by atoms with Crippen LogP contribution in [0.1, 0.15) is 47.8 Å². The molecule has 2 N–H and O–H groups in total. The maximum Gasteiger partial charge on any atom is 0.303 e. The molecular formula is C27H27NO6. The van der Waals surface area contributed by atoms with E-state index in [2.05, 4.69) is 0 Å². The predicted molar refractivity (Wildman–Crippen MR) is 126 cm³/mol. The van der Waals surface area contributed by atoms with Crippen molar-refractivity contribution in [3.05, 3.63) is 90.2 Å². The number of aliphatic hydroxyl groups excluding tert-OH is 1. The van der Waals surface area contributed by atoms with Crippen LogP contribution in [0.2, 0.25) is 0 Å². The average molecular weight is 462 g/mol. The Balaban J connectivity index is 1.47. The topological polar surface area (TPSA) is 100 Å². The molecule has 0 saturated heterocycles. The van der Waals surface area contributed by atoms with Gasteiger partial charge in [0.25, 0.3) is 5.91 Å². The van der Waals surface area contributed by atoms with Crippen LogP contribution in [-0.4, -0.2) is 39.6 Å². The second kappa shape index (κ2) is 10.9. The van der Waals surface area contributed by atoms with Gasteiger partial charge in [-0.1, -0.05) is 42.5 Å². The monoisotopic (exact) mass is 461 g/mol. The lowest BCUT2D eigenvalue weighted by Crippen LogP contribution is -2.37. The van der Waals surface area contributed by atoms with Gasteiger partial charge in [0.05, 0.1) is 6.26 Å². The number of ether oxygens (including phenoxy) is 1. The second-order valence-electron chi connectivity index (χ2n) is 8.12. The van der Waals surface area contributed by atoms with Crippen molar-refractivity contribution in [1.29, 1.82) is 0 Å². The minimum Gasteiger partial charge on any atom is -0.489 e. The number of aliphatic carboxylic acids is 1. The van der Waals surface area contributed by atoms with Crippen molar-refractivity contribution in [2.24, 2.45) is 0 Å². The first-order valence-electron chi connectivity index (χ1n) is 11.3. The number of allylic oxidation sites excluding steroid dienone is 1. The Labute approximate surface area is 197 Å². The molecule has 1 aliphatic carbocycles. The molecule has 4 rings (SSSR count). The number of furan rings is 1. The van der Waals surface area contributed by atoms with Gasteiger partial charge in [0.2, 0.25) is 0 Å². The van der Waals surface area contributed by atoms with Crippen LogP contribution >= 0.6 is 0 Å². The van der Waals surface area contributed by atoms with E-state index in [1.165, 1.54) is 4.90 Å². The van der Waals surface area contributed by atoms with Gasteiger partial charge in [-0.2, -0.15) is 0 Å². The maximum absolute atomic E-state index is 13.4. The molecule has 0 aliphatic heterocycles. The van der Waals surface area contributed by atoms with Gasteiger partial charge in [0, 0.05) is 29.2 Å². The molecule has 2 aromatic carbocycles. The molecule has 34 heavy (non-hydrogen) atoms. The Kier molecular flexibility index (Phi) is 7.44. The fraction of sp³-hybridized carbons (Fsp3) is 0.259. The summed E-state index contributed by atoms with van der Waals surface area (Å²) in [6.45, 7) is 0.231. The van der Waals surface area contributed by atoms with Crippen LogP contribution in [0, 0.1) is 0 Å². The highest BCUT2D eigenvalue weighted by molar-refractivity contribution is 5.95. The van der Waals surface area contributed by atoms with Crippen molar-refractivity contribution < 1.29 is 29.0 Å². The largest absolute Gasteiger partial charge is 0.489 e. The van der Waals surface area contributed by atoms with Gasteiger partial charge in [-0.3, -0.25) is 9.59 Å². The number of rotatable bonds is 11. The van der Waals surface area contributed by atoms with Crippen molar-refractivity contribution in [3.8, 4) is 17.1 Å². The van der Waals surface area contributed by atoms with Crippen LogP contribution in [0.25, 0.3) is 11.3 Å². The lowest BCUT2D eigenvalue weighted by Gasteiger charge is -2.29. The number of hydrogen-bond donors (Lipinski definition) is 2. The quantitative estimate of drug-likeness (QED) is 0.306. The molecule has 7 nitrogen and oxygen atoms in total. The van der Waals surface area contributed by atoms with Gasteiger partial charge >= 0.3 is 5.97 Å². The van der Waals surface area contributed by atoms with E-state index in [-0.39, 0.29) is 25.0 Å². The van der Waals surface area contributed by atoms with Crippen molar-refractivity contribution in [2.75, 3.05) is 6.61 Å². The average Bonchev–Trinajstić information content (AvgIpc) is 3.52.